The van der Waals surface area contributed by atoms with Crippen molar-refractivity contribution in [3.05, 3.63) is 88.1 Å². The van der Waals surface area contributed by atoms with E-state index in [0.717, 1.165) is 39.9 Å². The third-order valence-electron chi connectivity index (χ3n) is 5.63. The van der Waals surface area contributed by atoms with Crippen molar-refractivity contribution in [2.75, 3.05) is 17.7 Å². The number of nitrogens with zero attached hydrogens (tertiary/aromatic N) is 3. The zero-order valence-electron chi connectivity index (χ0n) is 20.4. The van der Waals surface area contributed by atoms with Crippen molar-refractivity contribution in [2.24, 2.45) is 0 Å². The molecule has 1 N–H and O–H groups in total. The summed E-state index contributed by atoms with van der Waals surface area (Å²) in [7, 11) is 0. The highest BCUT2D eigenvalue weighted by molar-refractivity contribution is 9.10. The molecule has 0 aliphatic carbocycles. The molecule has 9 heteroatoms. The van der Waals surface area contributed by atoms with Gasteiger partial charge in [-0.05, 0) is 48.7 Å². The van der Waals surface area contributed by atoms with E-state index in [0.29, 0.717) is 29.0 Å². The molecule has 4 rings (SSSR count). The average Bonchev–Trinajstić information content (AvgIpc) is 3.28. The summed E-state index contributed by atoms with van der Waals surface area (Å²) in [6, 6.07) is 15.3. The SMILES string of the molecule is C=CCOC(=O)C1=C(C)Nc2nc(SCCCC)nn2C1c1ccc(OCc2ccc(Br)cc2)cc1. The predicted molar refractivity (Wildman–Crippen MR) is 146 cm³/mol. The number of halogens is 1. The number of hydrogen-bond donors (Lipinski definition) is 1. The minimum atomic E-state index is -0.480. The lowest BCUT2D eigenvalue weighted by atomic mass is 9.96. The Balaban J connectivity index is 1.60. The van der Waals surface area contributed by atoms with Gasteiger partial charge in [0.2, 0.25) is 11.1 Å². The zero-order chi connectivity index (χ0) is 25.5. The van der Waals surface area contributed by atoms with Crippen LogP contribution in [0.5, 0.6) is 5.75 Å². The molecule has 0 spiro atoms. The Kier molecular flexibility index (Phi) is 8.88. The van der Waals surface area contributed by atoms with Gasteiger partial charge in [0.05, 0.1) is 5.57 Å². The Morgan fingerprint density at radius 2 is 1.97 bits per heavy atom. The van der Waals surface area contributed by atoms with E-state index < -0.39 is 12.0 Å². The number of carbonyl (C=O) groups excluding carboxylic acids is 1. The van der Waals surface area contributed by atoms with Gasteiger partial charge in [0.15, 0.2) is 0 Å². The number of thioether (sulfide) groups is 1. The van der Waals surface area contributed by atoms with E-state index in [1.165, 1.54) is 0 Å². The molecule has 2 aromatic carbocycles. The molecular formula is C27H29BrN4O3S. The van der Waals surface area contributed by atoms with Crippen LogP contribution in [0.1, 0.15) is 43.9 Å². The summed E-state index contributed by atoms with van der Waals surface area (Å²) in [5.74, 6) is 1.87. The topological polar surface area (TPSA) is 78.3 Å². The predicted octanol–water partition coefficient (Wildman–Crippen LogP) is 6.53. The minimum Gasteiger partial charge on any atom is -0.489 e. The lowest BCUT2D eigenvalue weighted by Gasteiger charge is -2.28. The van der Waals surface area contributed by atoms with Crippen LogP contribution >= 0.6 is 27.7 Å². The van der Waals surface area contributed by atoms with Crippen LogP contribution in [-0.4, -0.2) is 33.1 Å². The van der Waals surface area contributed by atoms with Crippen LogP contribution in [0.3, 0.4) is 0 Å². The maximum Gasteiger partial charge on any atom is 0.338 e. The van der Waals surface area contributed by atoms with Crippen molar-refractivity contribution >= 4 is 39.6 Å². The molecule has 188 valence electrons. The van der Waals surface area contributed by atoms with E-state index in [2.05, 4.69) is 39.7 Å². The summed E-state index contributed by atoms with van der Waals surface area (Å²) in [5, 5.41) is 8.65. The first-order valence-electron chi connectivity index (χ1n) is 11.8. The van der Waals surface area contributed by atoms with E-state index in [9.17, 15) is 4.79 Å². The van der Waals surface area contributed by atoms with Crippen molar-refractivity contribution in [3.63, 3.8) is 0 Å². The summed E-state index contributed by atoms with van der Waals surface area (Å²) >= 11 is 5.06. The first-order chi connectivity index (χ1) is 17.5. The fourth-order valence-corrected chi connectivity index (χ4v) is 4.96. The van der Waals surface area contributed by atoms with E-state index in [-0.39, 0.29) is 6.61 Å². The highest BCUT2D eigenvalue weighted by atomic mass is 79.9. The monoisotopic (exact) mass is 568 g/mol. The van der Waals surface area contributed by atoms with E-state index in [1.54, 1.807) is 22.5 Å². The average molecular weight is 570 g/mol. The Bertz CT molecular complexity index is 1240. The first-order valence-corrected chi connectivity index (χ1v) is 13.6. The fourth-order valence-electron chi connectivity index (χ4n) is 3.78. The molecule has 7 nitrogen and oxygen atoms in total. The molecule has 36 heavy (non-hydrogen) atoms. The number of esters is 1. The van der Waals surface area contributed by atoms with E-state index >= 15 is 0 Å². The summed E-state index contributed by atoms with van der Waals surface area (Å²) in [5.41, 5.74) is 3.14. The number of ether oxygens (including phenoxy) is 2. The first kappa shape index (κ1) is 26.0. The Labute approximate surface area is 224 Å². The second-order valence-electron chi connectivity index (χ2n) is 8.30. The van der Waals surface area contributed by atoms with Gasteiger partial charge in [-0.15, -0.1) is 5.10 Å². The lowest BCUT2D eigenvalue weighted by molar-refractivity contribution is -0.138. The fraction of sp³-hybridized carbons (Fsp3) is 0.296. The quantitative estimate of drug-likeness (QED) is 0.122. The van der Waals surface area contributed by atoms with Crippen molar-refractivity contribution in [2.45, 2.75) is 44.5 Å². The molecule has 0 fully saturated rings. The molecule has 0 saturated carbocycles. The van der Waals surface area contributed by atoms with Gasteiger partial charge in [0.25, 0.3) is 0 Å². The number of unbranched alkanes of at least 4 members (excludes halogenated alkanes) is 1. The van der Waals surface area contributed by atoms with Crippen molar-refractivity contribution in [1.29, 1.82) is 0 Å². The number of carbonyl (C=O) groups is 1. The molecule has 1 atom stereocenters. The molecule has 1 aliphatic rings. The van der Waals surface area contributed by atoms with Crippen LogP contribution in [0.4, 0.5) is 5.95 Å². The van der Waals surface area contributed by atoms with Crippen LogP contribution in [0.15, 0.2) is 82.1 Å². The van der Waals surface area contributed by atoms with E-state index in [4.69, 9.17) is 14.6 Å². The number of allylic oxidation sites excluding steroid dienone is 1. The largest absolute Gasteiger partial charge is 0.489 e. The van der Waals surface area contributed by atoms with E-state index in [1.807, 2.05) is 55.5 Å². The minimum absolute atomic E-state index is 0.132. The third kappa shape index (κ3) is 6.20. The van der Waals surface area contributed by atoms with Crippen LogP contribution in [-0.2, 0) is 16.1 Å². The number of aromatic nitrogens is 3. The lowest BCUT2D eigenvalue weighted by Crippen LogP contribution is -2.29. The van der Waals surface area contributed by atoms with Crippen LogP contribution < -0.4 is 10.1 Å². The van der Waals surface area contributed by atoms with Crippen LogP contribution in [0.2, 0.25) is 0 Å². The highest BCUT2D eigenvalue weighted by Crippen LogP contribution is 2.37. The second kappa shape index (κ2) is 12.3. The Hall–Kier alpha value is -3.04. The van der Waals surface area contributed by atoms with Crippen molar-refractivity contribution in [3.8, 4) is 5.75 Å². The number of hydrogen-bond acceptors (Lipinski definition) is 7. The highest BCUT2D eigenvalue weighted by Gasteiger charge is 2.35. The Morgan fingerprint density at radius 1 is 1.22 bits per heavy atom. The van der Waals surface area contributed by atoms with Gasteiger partial charge < -0.3 is 14.8 Å². The normalized spacial score (nSPS) is 14.7. The molecular weight excluding hydrogens is 540 g/mol. The molecule has 0 bridgehead atoms. The Morgan fingerprint density at radius 3 is 2.67 bits per heavy atom. The number of nitrogens with one attached hydrogen (secondary N) is 1. The number of anilines is 1. The maximum atomic E-state index is 13.1. The van der Waals surface area contributed by atoms with Crippen LogP contribution in [0.25, 0.3) is 0 Å². The number of fused-ring (bicyclic) bond motifs is 1. The van der Waals surface area contributed by atoms with Gasteiger partial charge in [-0.3, -0.25) is 0 Å². The van der Waals surface area contributed by atoms with Crippen molar-refractivity contribution in [1.82, 2.24) is 14.8 Å². The third-order valence-corrected chi connectivity index (χ3v) is 7.08. The summed E-state index contributed by atoms with van der Waals surface area (Å²) < 4.78 is 14.2. The van der Waals surface area contributed by atoms with Gasteiger partial charge in [-0.25, -0.2) is 9.48 Å². The molecule has 3 aromatic rings. The number of rotatable bonds is 11. The maximum absolute atomic E-state index is 13.1. The molecule has 2 heterocycles. The molecule has 1 aromatic heterocycles. The number of benzene rings is 2. The van der Waals surface area contributed by atoms with Crippen molar-refractivity contribution < 1.29 is 14.3 Å². The summed E-state index contributed by atoms with van der Waals surface area (Å²) in [6.07, 6.45) is 3.75. The van der Waals surface area contributed by atoms with Gasteiger partial charge in [0.1, 0.15) is 25.0 Å². The standard InChI is InChI=1S/C27H29BrN4O3S/c1-4-6-16-36-27-30-26-29-18(3)23(25(33)34-15-5-2)24(32(26)31-27)20-9-13-22(14-10-20)35-17-19-7-11-21(28)12-8-19/h5,7-14,24H,2,4,6,15-17H2,1,3H3,(H,29,30,31). The van der Waals surface area contributed by atoms with Gasteiger partial charge in [0, 0.05) is 15.9 Å². The molecule has 1 unspecified atom stereocenters. The smallest absolute Gasteiger partial charge is 0.338 e. The molecule has 0 saturated heterocycles. The second-order valence-corrected chi connectivity index (χ2v) is 10.3. The van der Waals surface area contributed by atoms with Gasteiger partial charge in [-0.2, -0.15) is 4.98 Å². The van der Waals surface area contributed by atoms with Gasteiger partial charge >= 0.3 is 5.97 Å². The molecule has 0 radical (unpaired) electrons. The molecule has 0 amide bonds. The summed E-state index contributed by atoms with van der Waals surface area (Å²) in [4.78, 5) is 17.7. The van der Waals surface area contributed by atoms with Crippen LogP contribution in [0, 0.1) is 0 Å². The zero-order valence-corrected chi connectivity index (χ0v) is 22.8. The van der Waals surface area contributed by atoms with Gasteiger partial charge in [-0.1, -0.05) is 78.0 Å². The molecule has 1 aliphatic heterocycles. The summed E-state index contributed by atoms with van der Waals surface area (Å²) in [6.45, 7) is 8.25.